The molecule has 0 aliphatic rings. The van der Waals surface area contributed by atoms with Gasteiger partial charge in [0.1, 0.15) is 5.82 Å². The van der Waals surface area contributed by atoms with E-state index < -0.39 is 0 Å². The van der Waals surface area contributed by atoms with Crippen LogP contribution in [0.4, 0.5) is 5.82 Å². The zero-order valence-electron chi connectivity index (χ0n) is 6.74. The lowest BCUT2D eigenvalue weighted by molar-refractivity contribution is 0.658. The zero-order valence-corrected chi connectivity index (χ0v) is 6.74. The molecule has 0 atom stereocenters. The standard InChI is InChI=1S/C7H11N3O/c1-3-4-10-5-7(9-11)8-6(10)2/h5H,3-4H2,1-2H3. The van der Waals surface area contributed by atoms with Crippen LogP contribution in [-0.4, -0.2) is 9.55 Å². The number of nitroso groups, excluding NO2 is 1. The molecule has 0 saturated carbocycles. The van der Waals surface area contributed by atoms with E-state index in [1.54, 1.807) is 6.20 Å². The number of rotatable bonds is 3. The van der Waals surface area contributed by atoms with Crippen molar-refractivity contribution in [2.24, 2.45) is 5.18 Å². The molecule has 11 heavy (non-hydrogen) atoms. The summed E-state index contributed by atoms with van der Waals surface area (Å²) in [6.07, 6.45) is 2.71. The lowest BCUT2D eigenvalue weighted by atomic mass is 10.5. The van der Waals surface area contributed by atoms with E-state index in [1.165, 1.54) is 0 Å². The largest absolute Gasteiger partial charge is 0.333 e. The normalized spacial score (nSPS) is 10.0. The number of aryl methyl sites for hydroxylation is 2. The van der Waals surface area contributed by atoms with E-state index in [9.17, 15) is 4.91 Å². The molecule has 0 radical (unpaired) electrons. The molecule has 1 aromatic rings. The molecule has 0 saturated heterocycles. The van der Waals surface area contributed by atoms with E-state index >= 15 is 0 Å². The lowest BCUT2D eigenvalue weighted by Gasteiger charge is -1.98. The molecule has 0 aliphatic carbocycles. The lowest BCUT2D eigenvalue weighted by Crippen LogP contribution is -1.96. The summed E-state index contributed by atoms with van der Waals surface area (Å²) in [5, 5.41) is 2.75. The molecule has 1 heterocycles. The van der Waals surface area contributed by atoms with Gasteiger partial charge in [-0.25, -0.2) is 4.98 Å². The van der Waals surface area contributed by atoms with E-state index in [0.717, 1.165) is 18.8 Å². The molecule has 0 unspecified atom stereocenters. The Bertz CT molecular complexity index is 254. The molecule has 4 nitrogen and oxygen atoms in total. The zero-order chi connectivity index (χ0) is 8.27. The molecule has 0 N–H and O–H groups in total. The van der Waals surface area contributed by atoms with Crippen molar-refractivity contribution in [3.8, 4) is 0 Å². The van der Waals surface area contributed by atoms with Crippen molar-refractivity contribution in [1.29, 1.82) is 0 Å². The van der Waals surface area contributed by atoms with E-state index in [1.807, 2.05) is 11.5 Å². The van der Waals surface area contributed by atoms with Crippen LogP contribution >= 0.6 is 0 Å². The smallest absolute Gasteiger partial charge is 0.214 e. The summed E-state index contributed by atoms with van der Waals surface area (Å²) in [4.78, 5) is 14.0. The van der Waals surface area contributed by atoms with Crippen LogP contribution < -0.4 is 0 Å². The molecule has 0 fully saturated rings. The van der Waals surface area contributed by atoms with Crippen molar-refractivity contribution in [3.05, 3.63) is 16.9 Å². The van der Waals surface area contributed by atoms with Gasteiger partial charge in [0.15, 0.2) is 0 Å². The summed E-state index contributed by atoms with van der Waals surface area (Å²) >= 11 is 0. The maximum atomic E-state index is 10.1. The average molecular weight is 153 g/mol. The van der Waals surface area contributed by atoms with Gasteiger partial charge in [-0.2, -0.15) is 0 Å². The van der Waals surface area contributed by atoms with Gasteiger partial charge in [-0.15, -0.1) is 4.91 Å². The molecule has 4 heteroatoms. The monoisotopic (exact) mass is 153 g/mol. The second kappa shape index (κ2) is 3.27. The van der Waals surface area contributed by atoms with E-state index in [2.05, 4.69) is 17.1 Å². The highest BCUT2D eigenvalue weighted by molar-refractivity contribution is 5.24. The van der Waals surface area contributed by atoms with Crippen molar-refractivity contribution < 1.29 is 0 Å². The van der Waals surface area contributed by atoms with E-state index in [-0.39, 0.29) is 5.82 Å². The molecular weight excluding hydrogens is 142 g/mol. The van der Waals surface area contributed by atoms with E-state index in [0.29, 0.717) is 0 Å². The minimum atomic E-state index is 0.274. The molecule has 1 rings (SSSR count). The molecule has 0 spiro atoms. The Morgan fingerprint density at radius 1 is 1.73 bits per heavy atom. The third-order valence-electron chi connectivity index (χ3n) is 1.52. The fourth-order valence-corrected chi connectivity index (χ4v) is 1.00. The topological polar surface area (TPSA) is 47.2 Å². The van der Waals surface area contributed by atoms with Crippen LogP contribution in [-0.2, 0) is 6.54 Å². The van der Waals surface area contributed by atoms with Gasteiger partial charge in [-0.1, -0.05) is 6.92 Å². The first-order chi connectivity index (χ1) is 5.27. The Hall–Kier alpha value is -1.19. The number of nitrogens with zero attached hydrogens (tertiary/aromatic N) is 3. The third-order valence-corrected chi connectivity index (χ3v) is 1.52. The second-order valence-electron chi connectivity index (χ2n) is 2.43. The summed E-state index contributed by atoms with van der Waals surface area (Å²) in [5.41, 5.74) is 0. The molecule has 0 bridgehead atoms. The first-order valence-electron chi connectivity index (χ1n) is 3.65. The molecule has 0 aromatic carbocycles. The third kappa shape index (κ3) is 1.63. The molecule has 0 aliphatic heterocycles. The van der Waals surface area contributed by atoms with Crippen LogP contribution in [0.2, 0.25) is 0 Å². The fraction of sp³-hybridized carbons (Fsp3) is 0.571. The number of hydrogen-bond acceptors (Lipinski definition) is 3. The van der Waals surface area contributed by atoms with Crippen molar-refractivity contribution in [2.45, 2.75) is 26.8 Å². The minimum Gasteiger partial charge on any atom is -0.333 e. The van der Waals surface area contributed by atoms with Gasteiger partial charge in [0, 0.05) is 6.54 Å². The van der Waals surface area contributed by atoms with Gasteiger partial charge in [-0.05, 0) is 18.5 Å². The van der Waals surface area contributed by atoms with Gasteiger partial charge < -0.3 is 4.57 Å². The van der Waals surface area contributed by atoms with Crippen LogP contribution in [0.15, 0.2) is 11.4 Å². The van der Waals surface area contributed by atoms with Gasteiger partial charge in [0.25, 0.3) is 0 Å². The van der Waals surface area contributed by atoms with Crippen molar-refractivity contribution in [1.82, 2.24) is 9.55 Å². The second-order valence-corrected chi connectivity index (χ2v) is 2.43. The quantitative estimate of drug-likeness (QED) is 0.623. The Balaban J connectivity index is 2.87. The first-order valence-corrected chi connectivity index (χ1v) is 3.65. The summed E-state index contributed by atoms with van der Waals surface area (Å²) in [7, 11) is 0. The highest BCUT2D eigenvalue weighted by Crippen LogP contribution is 2.10. The summed E-state index contributed by atoms with van der Waals surface area (Å²) in [6, 6.07) is 0. The van der Waals surface area contributed by atoms with Crippen molar-refractivity contribution >= 4 is 5.82 Å². The van der Waals surface area contributed by atoms with Crippen LogP contribution in [0, 0.1) is 11.8 Å². The number of imidazole rings is 1. The predicted molar refractivity (Wildman–Crippen MR) is 42.7 cm³/mol. The van der Waals surface area contributed by atoms with Gasteiger partial charge >= 0.3 is 0 Å². The number of hydrogen-bond donors (Lipinski definition) is 0. The Morgan fingerprint density at radius 2 is 2.45 bits per heavy atom. The molecule has 1 aromatic heterocycles. The number of aromatic nitrogens is 2. The van der Waals surface area contributed by atoms with Gasteiger partial charge in [-0.3, -0.25) is 0 Å². The van der Waals surface area contributed by atoms with Crippen LogP contribution in [0.5, 0.6) is 0 Å². The Morgan fingerprint density at radius 3 is 2.91 bits per heavy atom. The summed E-state index contributed by atoms with van der Waals surface area (Å²) in [6.45, 7) is 4.84. The summed E-state index contributed by atoms with van der Waals surface area (Å²) in [5.74, 6) is 1.12. The first kappa shape index (κ1) is 7.91. The average Bonchev–Trinajstić information content (AvgIpc) is 2.33. The maximum absolute atomic E-state index is 10.1. The highest BCUT2D eigenvalue weighted by Gasteiger charge is 2.01. The van der Waals surface area contributed by atoms with Crippen molar-refractivity contribution in [3.63, 3.8) is 0 Å². The highest BCUT2D eigenvalue weighted by atomic mass is 16.3. The van der Waals surface area contributed by atoms with E-state index in [4.69, 9.17) is 0 Å². The maximum Gasteiger partial charge on any atom is 0.214 e. The van der Waals surface area contributed by atoms with Crippen LogP contribution in [0.3, 0.4) is 0 Å². The molecule has 0 amide bonds. The SMILES string of the molecule is CCCn1cc(N=O)nc1C. The van der Waals surface area contributed by atoms with Gasteiger partial charge in [0.05, 0.1) is 6.20 Å². The molecule has 60 valence electrons. The Kier molecular flexibility index (Phi) is 2.36. The van der Waals surface area contributed by atoms with Gasteiger partial charge in [0.2, 0.25) is 5.82 Å². The van der Waals surface area contributed by atoms with Crippen molar-refractivity contribution in [2.75, 3.05) is 0 Å². The summed E-state index contributed by atoms with van der Waals surface area (Å²) < 4.78 is 1.93. The fourth-order valence-electron chi connectivity index (χ4n) is 1.00. The predicted octanol–water partition coefficient (Wildman–Crippen LogP) is 2.00. The molecular formula is C7H11N3O. The van der Waals surface area contributed by atoms with Crippen LogP contribution in [0.25, 0.3) is 0 Å². The Labute approximate surface area is 65.2 Å². The van der Waals surface area contributed by atoms with Crippen LogP contribution in [0.1, 0.15) is 19.2 Å². The minimum absolute atomic E-state index is 0.274.